The van der Waals surface area contributed by atoms with Gasteiger partial charge in [0.25, 0.3) is 0 Å². The number of carbonyl (C=O) groups is 1. The van der Waals surface area contributed by atoms with Crippen LogP contribution in [0.1, 0.15) is 25.7 Å². The maximum absolute atomic E-state index is 12.0. The van der Waals surface area contributed by atoms with Gasteiger partial charge in [0, 0.05) is 12.8 Å². The molecule has 2 aliphatic rings. The standard InChI is InChI=1S/C11H19N3O3/c12-11(5-6-17-10(11)16)14(13)9(15)7-8-3-1-2-4-8/h1,3,8,10,16H,2,4-7,12-13H2. The van der Waals surface area contributed by atoms with Crippen LogP contribution in [0.15, 0.2) is 12.2 Å². The van der Waals surface area contributed by atoms with Crippen molar-refractivity contribution in [3.8, 4) is 0 Å². The Morgan fingerprint density at radius 1 is 1.65 bits per heavy atom. The van der Waals surface area contributed by atoms with Gasteiger partial charge in [0.1, 0.15) is 0 Å². The molecule has 6 nitrogen and oxygen atoms in total. The van der Waals surface area contributed by atoms with E-state index in [-0.39, 0.29) is 11.8 Å². The number of nitrogens with two attached hydrogens (primary N) is 2. The highest BCUT2D eigenvalue weighted by molar-refractivity contribution is 5.77. The maximum Gasteiger partial charge on any atom is 0.238 e. The highest BCUT2D eigenvalue weighted by atomic mass is 16.6. The lowest BCUT2D eigenvalue weighted by Crippen LogP contribution is -2.66. The molecular formula is C11H19N3O3. The van der Waals surface area contributed by atoms with E-state index in [1.54, 1.807) is 0 Å². The Morgan fingerprint density at radius 2 is 2.41 bits per heavy atom. The second-order valence-electron chi connectivity index (χ2n) is 4.70. The minimum absolute atomic E-state index is 0.233. The Morgan fingerprint density at radius 3 is 2.94 bits per heavy atom. The van der Waals surface area contributed by atoms with Crippen LogP contribution in [0.2, 0.25) is 0 Å². The van der Waals surface area contributed by atoms with Crippen LogP contribution in [0.3, 0.4) is 0 Å². The van der Waals surface area contributed by atoms with Crippen LogP contribution in [0.25, 0.3) is 0 Å². The van der Waals surface area contributed by atoms with Gasteiger partial charge in [0.2, 0.25) is 5.91 Å². The predicted octanol–water partition coefficient (Wildman–Crippen LogP) is -0.561. The topological polar surface area (TPSA) is 102 Å². The number of hydrazine groups is 1. The summed E-state index contributed by atoms with van der Waals surface area (Å²) in [6.07, 6.45) is 5.52. The van der Waals surface area contributed by atoms with Gasteiger partial charge in [-0.15, -0.1) is 0 Å². The highest BCUT2D eigenvalue weighted by Gasteiger charge is 2.46. The molecule has 1 saturated heterocycles. The molecule has 96 valence electrons. The molecule has 1 aliphatic heterocycles. The zero-order chi connectivity index (χ0) is 12.5. The smallest absolute Gasteiger partial charge is 0.238 e. The van der Waals surface area contributed by atoms with Crippen LogP contribution in [-0.2, 0) is 9.53 Å². The second kappa shape index (κ2) is 4.73. The third kappa shape index (κ3) is 2.35. The van der Waals surface area contributed by atoms with E-state index < -0.39 is 12.0 Å². The molecule has 2 rings (SSSR count). The van der Waals surface area contributed by atoms with E-state index in [0.29, 0.717) is 19.4 Å². The number of allylic oxidation sites excluding steroid dienone is 2. The first-order valence-electron chi connectivity index (χ1n) is 5.87. The normalized spacial score (nSPS) is 36.4. The predicted molar refractivity (Wildman–Crippen MR) is 61.0 cm³/mol. The first-order valence-corrected chi connectivity index (χ1v) is 5.87. The Kier molecular flexibility index (Phi) is 3.48. The van der Waals surface area contributed by atoms with Crippen LogP contribution in [-0.4, -0.2) is 34.6 Å². The Labute approximate surface area is 100 Å². The first kappa shape index (κ1) is 12.5. The summed E-state index contributed by atoms with van der Waals surface area (Å²) in [5, 5.41) is 10.5. The monoisotopic (exact) mass is 241 g/mol. The van der Waals surface area contributed by atoms with Gasteiger partial charge in [-0.2, -0.15) is 0 Å². The molecular weight excluding hydrogens is 222 g/mol. The Balaban J connectivity index is 1.96. The lowest BCUT2D eigenvalue weighted by atomic mass is 10.0. The van der Waals surface area contributed by atoms with Crippen molar-refractivity contribution in [3.05, 3.63) is 12.2 Å². The van der Waals surface area contributed by atoms with E-state index in [2.05, 4.69) is 6.08 Å². The zero-order valence-corrected chi connectivity index (χ0v) is 9.71. The van der Waals surface area contributed by atoms with Crippen molar-refractivity contribution in [2.75, 3.05) is 6.61 Å². The number of carbonyl (C=O) groups excluding carboxylic acids is 1. The molecule has 6 heteroatoms. The quantitative estimate of drug-likeness (QED) is 0.202. The summed E-state index contributed by atoms with van der Waals surface area (Å²) in [5.74, 6) is 5.70. The zero-order valence-electron chi connectivity index (χ0n) is 9.71. The van der Waals surface area contributed by atoms with Gasteiger partial charge in [-0.3, -0.25) is 9.80 Å². The van der Waals surface area contributed by atoms with Crippen molar-refractivity contribution < 1.29 is 14.6 Å². The van der Waals surface area contributed by atoms with E-state index in [0.717, 1.165) is 17.9 Å². The molecule has 3 unspecified atom stereocenters. The van der Waals surface area contributed by atoms with Crippen LogP contribution >= 0.6 is 0 Å². The van der Waals surface area contributed by atoms with E-state index in [1.165, 1.54) is 0 Å². The summed E-state index contributed by atoms with van der Waals surface area (Å²) in [6, 6.07) is 0. The number of hydrogen-bond acceptors (Lipinski definition) is 5. The largest absolute Gasteiger partial charge is 0.365 e. The molecule has 0 saturated carbocycles. The summed E-state index contributed by atoms with van der Waals surface area (Å²) < 4.78 is 4.95. The van der Waals surface area contributed by atoms with Crippen molar-refractivity contribution in [1.29, 1.82) is 0 Å². The van der Waals surface area contributed by atoms with Gasteiger partial charge < -0.3 is 15.6 Å². The SMILES string of the molecule is NN(C(=O)CC1C=CCC1)C1(N)CCOC1O. The van der Waals surface area contributed by atoms with E-state index >= 15 is 0 Å². The minimum atomic E-state index is -1.29. The molecule has 1 fully saturated rings. The van der Waals surface area contributed by atoms with Gasteiger partial charge in [-0.05, 0) is 18.8 Å². The molecule has 0 aromatic carbocycles. The number of nitrogens with zero attached hydrogens (tertiary/aromatic N) is 1. The number of ether oxygens (including phenoxy) is 1. The van der Waals surface area contributed by atoms with Crippen molar-refractivity contribution in [2.24, 2.45) is 17.5 Å². The average molecular weight is 241 g/mol. The van der Waals surface area contributed by atoms with Crippen molar-refractivity contribution in [1.82, 2.24) is 5.01 Å². The van der Waals surface area contributed by atoms with Gasteiger partial charge in [-0.1, -0.05) is 12.2 Å². The van der Waals surface area contributed by atoms with E-state index in [4.69, 9.17) is 16.3 Å². The fourth-order valence-electron chi connectivity index (χ4n) is 2.26. The maximum atomic E-state index is 12.0. The van der Waals surface area contributed by atoms with Gasteiger partial charge in [0.15, 0.2) is 12.0 Å². The summed E-state index contributed by atoms with van der Waals surface area (Å²) in [5.41, 5.74) is 4.62. The Bertz CT molecular complexity index is 334. The molecule has 1 heterocycles. The van der Waals surface area contributed by atoms with Gasteiger partial charge in [-0.25, -0.2) is 5.84 Å². The second-order valence-corrected chi connectivity index (χ2v) is 4.70. The fraction of sp³-hybridized carbons (Fsp3) is 0.727. The van der Waals surface area contributed by atoms with Gasteiger partial charge >= 0.3 is 0 Å². The van der Waals surface area contributed by atoms with Crippen LogP contribution in [0, 0.1) is 5.92 Å². The third-order valence-corrected chi connectivity index (χ3v) is 3.47. The van der Waals surface area contributed by atoms with Crippen molar-refractivity contribution in [2.45, 2.75) is 37.6 Å². The first-order chi connectivity index (χ1) is 8.04. The number of rotatable bonds is 3. The Hall–Kier alpha value is -0.950. The van der Waals surface area contributed by atoms with Crippen LogP contribution < -0.4 is 11.6 Å². The lowest BCUT2D eigenvalue weighted by Gasteiger charge is -2.35. The summed E-state index contributed by atoms with van der Waals surface area (Å²) in [7, 11) is 0. The third-order valence-electron chi connectivity index (χ3n) is 3.47. The molecule has 0 spiro atoms. The number of hydrogen-bond donors (Lipinski definition) is 3. The molecule has 5 N–H and O–H groups in total. The number of aliphatic hydroxyl groups excluding tert-OH is 1. The lowest BCUT2D eigenvalue weighted by molar-refractivity contribution is -0.160. The molecule has 17 heavy (non-hydrogen) atoms. The molecule has 1 aliphatic carbocycles. The molecule has 1 amide bonds. The molecule has 0 bridgehead atoms. The summed E-state index contributed by atoms with van der Waals surface area (Å²) in [4.78, 5) is 12.0. The van der Waals surface area contributed by atoms with E-state index in [1.807, 2.05) is 6.08 Å². The fourth-order valence-corrected chi connectivity index (χ4v) is 2.26. The molecule has 0 aromatic rings. The van der Waals surface area contributed by atoms with Crippen LogP contribution in [0.4, 0.5) is 0 Å². The number of aliphatic hydroxyl groups is 1. The van der Waals surface area contributed by atoms with Crippen molar-refractivity contribution >= 4 is 5.91 Å². The molecule has 0 radical (unpaired) electrons. The average Bonchev–Trinajstić information content (AvgIpc) is 2.90. The number of amides is 1. The van der Waals surface area contributed by atoms with Crippen molar-refractivity contribution in [3.63, 3.8) is 0 Å². The van der Waals surface area contributed by atoms with Gasteiger partial charge in [0.05, 0.1) is 6.61 Å². The van der Waals surface area contributed by atoms with Crippen LogP contribution in [0.5, 0.6) is 0 Å². The summed E-state index contributed by atoms with van der Waals surface area (Å²) in [6.45, 7) is 0.308. The highest BCUT2D eigenvalue weighted by Crippen LogP contribution is 2.26. The molecule has 3 atom stereocenters. The summed E-state index contributed by atoms with van der Waals surface area (Å²) >= 11 is 0. The van der Waals surface area contributed by atoms with E-state index in [9.17, 15) is 9.90 Å². The minimum Gasteiger partial charge on any atom is -0.365 e. The molecule has 0 aromatic heterocycles.